The van der Waals surface area contributed by atoms with Crippen LogP contribution in [0.4, 0.5) is 0 Å². The third-order valence-corrected chi connectivity index (χ3v) is 2.48. The van der Waals surface area contributed by atoms with Gasteiger partial charge in [-0.2, -0.15) is 0 Å². The van der Waals surface area contributed by atoms with Gasteiger partial charge in [-0.25, -0.2) is 0 Å². The highest BCUT2D eigenvalue weighted by Crippen LogP contribution is 2.11. The molecule has 1 fully saturated rings. The van der Waals surface area contributed by atoms with Crippen LogP contribution in [0, 0.1) is 11.8 Å². The van der Waals surface area contributed by atoms with E-state index in [-0.39, 0.29) is 11.8 Å². The van der Waals surface area contributed by atoms with Crippen molar-refractivity contribution >= 4 is 5.91 Å². The molecule has 82 valence electrons. The van der Waals surface area contributed by atoms with Crippen LogP contribution in [0.3, 0.4) is 0 Å². The van der Waals surface area contributed by atoms with E-state index in [1.807, 2.05) is 7.05 Å². The summed E-state index contributed by atoms with van der Waals surface area (Å²) in [6.07, 6.45) is 0.867. The fourth-order valence-electron chi connectivity index (χ4n) is 1.58. The highest BCUT2D eigenvalue weighted by Gasteiger charge is 2.23. The molecule has 0 aromatic heterocycles. The molecule has 0 spiro atoms. The van der Waals surface area contributed by atoms with E-state index < -0.39 is 0 Å². The Morgan fingerprint density at radius 3 is 2.93 bits per heavy atom. The molecular formula is C10H20N2O2. The van der Waals surface area contributed by atoms with E-state index in [1.54, 1.807) is 0 Å². The van der Waals surface area contributed by atoms with Gasteiger partial charge in [0.15, 0.2) is 0 Å². The number of amides is 1. The fraction of sp³-hybridized carbons (Fsp3) is 0.900. The average molecular weight is 200 g/mol. The quantitative estimate of drug-likeness (QED) is 0.656. The van der Waals surface area contributed by atoms with E-state index in [4.69, 9.17) is 4.74 Å². The van der Waals surface area contributed by atoms with Gasteiger partial charge in [-0.05, 0) is 25.9 Å². The Labute approximate surface area is 85.4 Å². The van der Waals surface area contributed by atoms with Crippen molar-refractivity contribution in [3.8, 4) is 0 Å². The number of carbonyl (C=O) groups excluding carboxylic acids is 1. The number of carbonyl (C=O) groups is 1. The molecule has 0 saturated carbocycles. The van der Waals surface area contributed by atoms with Crippen LogP contribution in [-0.2, 0) is 9.53 Å². The first-order valence-electron chi connectivity index (χ1n) is 5.24. The van der Waals surface area contributed by atoms with Gasteiger partial charge < -0.3 is 15.4 Å². The van der Waals surface area contributed by atoms with Gasteiger partial charge in [0, 0.05) is 13.2 Å². The molecule has 2 N–H and O–H groups in total. The number of hydrogen-bond acceptors (Lipinski definition) is 3. The summed E-state index contributed by atoms with van der Waals surface area (Å²) < 4.78 is 5.16. The second kappa shape index (κ2) is 5.98. The summed E-state index contributed by atoms with van der Waals surface area (Å²) in [7, 11) is 1.92. The predicted octanol–water partition coefficient (Wildman–Crippen LogP) is -0.00540. The third-order valence-electron chi connectivity index (χ3n) is 2.48. The Balaban J connectivity index is 2.13. The standard InChI is InChI=1S/C10H20N2O2/c1-8(5-11-2)6-12-10(13)9-3-4-14-7-9/h8-9,11H,3-7H2,1-2H3,(H,12,13). The normalized spacial score (nSPS) is 23.4. The first-order valence-corrected chi connectivity index (χ1v) is 5.24. The largest absolute Gasteiger partial charge is 0.381 e. The summed E-state index contributed by atoms with van der Waals surface area (Å²) in [4.78, 5) is 11.5. The Morgan fingerprint density at radius 1 is 1.57 bits per heavy atom. The molecule has 4 nitrogen and oxygen atoms in total. The zero-order chi connectivity index (χ0) is 10.4. The highest BCUT2D eigenvalue weighted by atomic mass is 16.5. The van der Waals surface area contributed by atoms with Crippen molar-refractivity contribution in [3.05, 3.63) is 0 Å². The summed E-state index contributed by atoms with van der Waals surface area (Å²) in [5.41, 5.74) is 0. The van der Waals surface area contributed by atoms with Gasteiger partial charge in [0.1, 0.15) is 0 Å². The molecule has 4 heteroatoms. The molecule has 0 radical (unpaired) electrons. The average Bonchev–Trinajstić information content (AvgIpc) is 2.67. The van der Waals surface area contributed by atoms with Gasteiger partial charge in [-0.1, -0.05) is 6.92 Å². The summed E-state index contributed by atoms with van der Waals surface area (Å²) in [6.45, 7) is 5.11. The second-order valence-electron chi connectivity index (χ2n) is 3.97. The van der Waals surface area contributed by atoms with Crippen molar-refractivity contribution < 1.29 is 9.53 Å². The molecule has 1 amide bonds. The van der Waals surface area contributed by atoms with Gasteiger partial charge in [-0.3, -0.25) is 4.79 Å². The van der Waals surface area contributed by atoms with Crippen molar-refractivity contribution in [2.75, 3.05) is 33.4 Å². The SMILES string of the molecule is CNCC(C)CNC(=O)C1CCOC1. The summed E-state index contributed by atoms with van der Waals surface area (Å²) in [5, 5.41) is 6.03. The van der Waals surface area contributed by atoms with Crippen LogP contribution in [0.15, 0.2) is 0 Å². The topological polar surface area (TPSA) is 50.4 Å². The second-order valence-corrected chi connectivity index (χ2v) is 3.97. The minimum absolute atomic E-state index is 0.0804. The zero-order valence-electron chi connectivity index (χ0n) is 9.01. The van der Waals surface area contributed by atoms with Gasteiger partial charge in [0.2, 0.25) is 5.91 Å². The lowest BCUT2D eigenvalue weighted by Crippen LogP contribution is -2.36. The van der Waals surface area contributed by atoms with Gasteiger partial charge in [0.05, 0.1) is 12.5 Å². The number of rotatable bonds is 5. The number of hydrogen-bond donors (Lipinski definition) is 2. The van der Waals surface area contributed by atoms with E-state index in [1.165, 1.54) is 0 Å². The highest BCUT2D eigenvalue weighted by molar-refractivity contribution is 5.78. The minimum Gasteiger partial charge on any atom is -0.381 e. The van der Waals surface area contributed by atoms with Crippen LogP contribution < -0.4 is 10.6 Å². The molecule has 2 atom stereocenters. The van der Waals surface area contributed by atoms with Crippen molar-refractivity contribution in [2.24, 2.45) is 11.8 Å². The molecule has 2 unspecified atom stereocenters. The van der Waals surface area contributed by atoms with Crippen LogP contribution in [0.2, 0.25) is 0 Å². The molecule has 0 aromatic rings. The molecular weight excluding hydrogens is 180 g/mol. The molecule has 1 aliphatic rings. The zero-order valence-corrected chi connectivity index (χ0v) is 9.01. The van der Waals surface area contributed by atoms with Gasteiger partial charge in [0.25, 0.3) is 0 Å². The molecule has 1 heterocycles. The summed E-state index contributed by atoms with van der Waals surface area (Å²) in [6, 6.07) is 0. The molecule has 1 rings (SSSR count). The van der Waals surface area contributed by atoms with Gasteiger partial charge in [-0.15, -0.1) is 0 Å². The number of ether oxygens (including phenoxy) is 1. The van der Waals surface area contributed by atoms with Crippen LogP contribution in [-0.4, -0.2) is 39.3 Å². The minimum atomic E-state index is 0.0804. The Kier molecular flexibility index (Phi) is 4.90. The van der Waals surface area contributed by atoms with Crippen molar-refractivity contribution in [3.63, 3.8) is 0 Å². The van der Waals surface area contributed by atoms with Crippen molar-refractivity contribution in [2.45, 2.75) is 13.3 Å². The van der Waals surface area contributed by atoms with E-state index in [0.717, 1.165) is 26.1 Å². The predicted molar refractivity (Wildman–Crippen MR) is 55.0 cm³/mol. The van der Waals surface area contributed by atoms with Crippen LogP contribution in [0.1, 0.15) is 13.3 Å². The lowest BCUT2D eigenvalue weighted by molar-refractivity contribution is -0.125. The van der Waals surface area contributed by atoms with E-state index in [0.29, 0.717) is 12.5 Å². The van der Waals surface area contributed by atoms with E-state index in [9.17, 15) is 4.79 Å². The third kappa shape index (κ3) is 3.64. The first kappa shape index (κ1) is 11.5. The monoisotopic (exact) mass is 200 g/mol. The molecule has 1 aliphatic heterocycles. The molecule has 0 bridgehead atoms. The Bertz CT molecular complexity index is 179. The molecule has 1 saturated heterocycles. The van der Waals surface area contributed by atoms with Crippen molar-refractivity contribution in [1.82, 2.24) is 10.6 Å². The maximum absolute atomic E-state index is 11.5. The maximum atomic E-state index is 11.5. The molecule has 14 heavy (non-hydrogen) atoms. The molecule has 0 aliphatic carbocycles. The van der Waals surface area contributed by atoms with Crippen LogP contribution in [0.25, 0.3) is 0 Å². The molecule has 0 aromatic carbocycles. The lowest BCUT2D eigenvalue weighted by atomic mass is 10.1. The summed E-state index contributed by atoms with van der Waals surface area (Å²) >= 11 is 0. The van der Waals surface area contributed by atoms with E-state index >= 15 is 0 Å². The van der Waals surface area contributed by atoms with Crippen molar-refractivity contribution in [1.29, 1.82) is 0 Å². The Morgan fingerprint density at radius 2 is 2.36 bits per heavy atom. The lowest BCUT2D eigenvalue weighted by Gasteiger charge is -2.13. The maximum Gasteiger partial charge on any atom is 0.225 e. The summed E-state index contributed by atoms with van der Waals surface area (Å²) in [5.74, 6) is 0.702. The van der Waals surface area contributed by atoms with E-state index in [2.05, 4.69) is 17.6 Å². The smallest absolute Gasteiger partial charge is 0.225 e. The van der Waals surface area contributed by atoms with Crippen LogP contribution >= 0.6 is 0 Å². The first-order chi connectivity index (χ1) is 6.74. The fourth-order valence-corrected chi connectivity index (χ4v) is 1.58. The van der Waals surface area contributed by atoms with Gasteiger partial charge >= 0.3 is 0 Å². The Hall–Kier alpha value is -0.610. The van der Waals surface area contributed by atoms with Crippen LogP contribution in [0.5, 0.6) is 0 Å². The number of nitrogens with one attached hydrogen (secondary N) is 2.